The molecular formula is C18H26N4O3. The fourth-order valence-corrected chi connectivity index (χ4v) is 2.97. The third-order valence-corrected chi connectivity index (χ3v) is 4.40. The number of methoxy groups -OCH3 is 1. The molecule has 2 aromatic rings. The Balaban J connectivity index is 1.72. The summed E-state index contributed by atoms with van der Waals surface area (Å²) in [7, 11) is 1.59. The lowest BCUT2D eigenvalue weighted by Gasteiger charge is -2.29. The van der Waals surface area contributed by atoms with Crippen LogP contribution in [0.4, 0.5) is 0 Å². The number of piperidine rings is 1. The van der Waals surface area contributed by atoms with Gasteiger partial charge in [-0.2, -0.15) is 0 Å². The molecule has 0 bridgehead atoms. The maximum Gasteiger partial charge on any atom is 0.213 e. The van der Waals surface area contributed by atoms with Gasteiger partial charge in [-0.3, -0.25) is 9.88 Å². The minimum absolute atomic E-state index is 0.340. The first-order valence-corrected chi connectivity index (χ1v) is 8.78. The van der Waals surface area contributed by atoms with Gasteiger partial charge in [0.15, 0.2) is 11.5 Å². The number of fused-ring (bicyclic) bond motifs is 1. The first kappa shape index (κ1) is 17.7. The lowest BCUT2D eigenvalue weighted by atomic mass is 10.1. The van der Waals surface area contributed by atoms with Crippen molar-refractivity contribution in [1.29, 1.82) is 0 Å². The predicted octanol–water partition coefficient (Wildman–Crippen LogP) is 1.84. The zero-order valence-corrected chi connectivity index (χ0v) is 14.9. The van der Waals surface area contributed by atoms with Gasteiger partial charge in [0.1, 0.15) is 12.1 Å². The first-order valence-electron chi connectivity index (χ1n) is 8.78. The molecule has 0 aliphatic carbocycles. The highest BCUT2D eigenvalue weighted by Gasteiger charge is 2.17. The molecule has 0 aromatic carbocycles. The molecule has 1 fully saturated rings. The fraction of sp³-hybridized carbons (Fsp3) is 0.556. The van der Waals surface area contributed by atoms with Crippen molar-refractivity contribution in [1.82, 2.24) is 14.9 Å². The average molecular weight is 346 g/mol. The van der Waals surface area contributed by atoms with E-state index in [2.05, 4.69) is 14.9 Å². The molecule has 25 heavy (non-hydrogen) atoms. The van der Waals surface area contributed by atoms with E-state index in [1.54, 1.807) is 19.4 Å². The molecule has 3 rings (SSSR count). The Morgan fingerprint density at radius 2 is 2.04 bits per heavy atom. The molecule has 0 spiro atoms. The number of pyridine rings is 2. The van der Waals surface area contributed by atoms with E-state index >= 15 is 0 Å². The zero-order chi connectivity index (χ0) is 17.6. The van der Waals surface area contributed by atoms with Gasteiger partial charge in [-0.1, -0.05) is 0 Å². The SMILES string of the molecule is CCOc1c(OCCN2CCC(N)CC2)cnc2ccc(OC)nc12. The van der Waals surface area contributed by atoms with Crippen LogP contribution in [0.1, 0.15) is 19.8 Å². The Labute approximate surface area is 148 Å². The van der Waals surface area contributed by atoms with Crippen LogP contribution in [0.15, 0.2) is 18.3 Å². The second kappa shape index (κ2) is 8.31. The smallest absolute Gasteiger partial charge is 0.213 e. The van der Waals surface area contributed by atoms with Crippen LogP contribution in [0, 0.1) is 0 Å². The minimum Gasteiger partial charge on any atom is -0.488 e. The van der Waals surface area contributed by atoms with Crippen molar-refractivity contribution < 1.29 is 14.2 Å². The second-order valence-electron chi connectivity index (χ2n) is 6.13. The fourth-order valence-electron chi connectivity index (χ4n) is 2.97. The molecule has 0 atom stereocenters. The summed E-state index contributed by atoms with van der Waals surface area (Å²) in [5.41, 5.74) is 7.35. The van der Waals surface area contributed by atoms with Crippen LogP contribution in [0.3, 0.4) is 0 Å². The van der Waals surface area contributed by atoms with Crippen LogP contribution in [0.5, 0.6) is 17.4 Å². The van der Waals surface area contributed by atoms with Crippen LogP contribution in [-0.4, -0.2) is 60.9 Å². The van der Waals surface area contributed by atoms with Gasteiger partial charge in [-0.15, -0.1) is 0 Å². The van der Waals surface area contributed by atoms with Crippen LogP contribution in [0.25, 0.3) is 11.0 Å². The Hall–Kier alpha value is -2.12. The first-order chi connectivity index (χ1) is 12.2. The molecule has 0 amide bonds. The number of rotatable bonds is 7. The predicted molar refractivity (Wildman–Crippen MR) is 96.4 cm³/mol. The third kappa shape index (κ3) is 4.29. The summed E-state index contributed by atoms with van der Waals surface area (Å²) in [6, 6.07) is 3.99. The van der Waals surface area contributed by atoms with Gasteiger partial charge < -0.3 is 19.9 Å². The van der Waals surface area contributed by atoms with Crippen molar-refractivity contribution >= 4 is 11.0 Å². The summed E-state index contributed by atoms with van der Waals surface area (Å²) in [5, 5.41) is 0. The van der Waals surface area contributed by atoms with E-state index in [9.17, 15) is 0 Å². The zero-order valence-electron chi connectivity index (χ0n) is 14.9. The Morgan fingerprint density at radius 1 is 1.24 bits per heavy atom. The minimum atomic E-state index is 0.340. The van der Waals surface area contributed by atoms with Crippen molar-refractivity contribution in [3.05, 3.63) is 18.3 Å². The van der Waals surface area contributed by atoms with E-state index in [0.717, 1.165) is 38.0 Å². The van der Waals surface area contributed by atoms with Crippen LogP contribution < -0.4 is 19.9 Å². The van der Waals surface area contributed by atoms with Gasteiger partial charge in [0.2, 0.25) is 5.88 Å². The molecule has 2 aromatic heterocycles. The van der Waals surface area contributed by atoms with Crippen LogP contribution in [0.2, 0.25) is 0 Å². The molecule has 0 saturated carbocycles. The molecule has 1 saturated heterocycles. The number of nitrogens with two attached hydrogens (primary N) is 1. The van der Waals surface area contributed by atoms with Gasteiger partial charge in [0.05, 0.1) is 25.4 Å². The summed E-state index contributed by atoms with van der Waals surface area (Å²) < 4.78 is 17.0. The normalized spacial score (nSPS) is 16.1. The van der Waals surface area contributed by atoms with Gasteiger partial charge in [0.25, 0.3) is 0 Å². The number of ether oxygens (including phenoxy) is 3. The number of aromatic nitrogens is 2. The van der Waals surface area contributed by atoms with Gasteiger partial charge in [-0.05, 0) is 38.9 Å². The Morgan fingerprint density at radius 3 is 2.76 bits per heavy atom. The van der Waals surface area contributed by atoms with Crippen molar-refractivity contribution in [2.24, 2.45) is 5.73 Å². The molecule has 1 aliphatic rings. The number of hydrogen-bond acceptors (Lipinski definition) is 7. The lowest BCUT2D eigenvalue weighted by molar-refractivity contribution is 0.171. The maximum absolute atomic E-state index is 5.96. The maximum atomic E-state index is 5.96. The molecule has 136 valence electrons. The molecule has 7 nitrogen and oxygen atoms in total. The second-order valence-corrected chi connectivity index (χ2v) is 6.13. The van der Waals surface area contributed by atoms with E-state index in [4.69, 9.17) is 19.9 Å². The summed E-state index contributed by atoms with van der Waals surface area (Å²) in [5.74, 6) is 1.76. The Kier molecular flexibility index (Phi) is 5.88. The molecule has 1 aliphatic heterocycles. The highest BCUT2D eigenvalue weighted by molar-refractivity contribution is 5.83. The van der Waals surface area contributed by atoms with E-state index in [1.165, 1.54) is 0 Å². The summed E-state index contributed by atoms with van der Waals surface area (Å²) in [4.78, 5) is 11.3. The summed E-state index contributed by atoms with van der Waals surface area (Å²) >= 11 is 0. The number of nitrogens with zero attached hydrogens (tertiary/aromatic N) is 3. The largest absolute Gasteiger partial charge is 0.488 e. The highest BCUT2D eigenvalue weighted by atomic mass is 16.5. The quantitative estimate of drug-likeness (QED) is 0.819. The van der Waals surface area contributed by atoms with Gasteiger partial charge >= 0.3 is 0 Å². The molecule has 2 N–H and O–H groups in total. The summed E-state index contributed by atoms with van der Waals surface area (Å²) in [6.45, 7) is 5.95. The van der Waals surface area contributed by atoms with Crippen LogP contribution in [-0.2, 0) is 0 Å². The highest BCUT2D eigenvalue weighted by Crippen LogP contribution is 2.34. The molecular weight excluding hydrogens is 320 g/mol. The molecule has 0 radical (unpaired) electrons. The monoisotopic (exact) mass is 346 g/mol. The van der Waals surface area contributed by atoms with E-state index in [0.29, 0.717) is 42.2 Å². The molecule has 3 heterocycles. The van der Waals surface area contributed by atoms with Crippen molar-refractivity contribution in [3.63, 3.8) is 0 Å². The summed E-state index contributed by atoms with van der Waals surface area (Å²) in [6.07, 6.45) is 3.80. The van der Waals surface area contributed by atoms with E-state index in [-0.39, 0.29) is 0 Å². The van der Waals surface area contributed by atoms with E-state index < -0.39 is 0 Å². The average Bonchev–Trinajstić information content (AvgIpc) is 2.64. The number of hydrogen-bond donors (Lipinski definition) is 1. The number of likely N-dealkylation sites (tertiary alicyclic amines) is 1. The van der Waals surface area contributed by atoms with Crippen molar-refractivity contribution in [2.45, 2.75) is 25.8 Å². The van der Waals surface area contributed by atoms with Gasteiger partial charge in [0, 0.05) is 18.7 Å². The topological polar surface area (TPSA) is 82.7 Å². The van der Waals surface area contributed by atoms with Crippen molar-refractivity contribution in [2.75, 3.05) is 40.0 Å². The lowest BCUT2D eigenvalue weighted by Crippen LogP contribution is -2.41. The van der Waals surface area contributed by atoms with E-state index in [1.807, 2.05) is 13.0 Å². The molecule has 7 heteroatoms. The Bertz CT molecular complexity index is 702. The van der Waals surface area contributed by atoms with Crippen molar-refractivity contribution in [3.8, 4) is 17.4 Å². The standard InChI is InChI=1S/C18H26N4O3/c1-3-24-18-15(25-11-10-22-8-6-13(19)7-9-22)12-20-14-4-5-16(23-2)21-17(14)18/h4-5,12-13H,3,6-11,19H2,1-2H3. The van der Waals surface area contributed by atoms with Gasteiger partial charge in [-0.25, -0.2) is 4.98 Å². The molecule has 0 unspecified atom stereocenters. The third-order valence-electron chi connectivity index (χ3n) is 4.40. The van der Waals surface area contributed by atoms with Crippen LogP contribution >= 0.6 is 0 Å².